The van der Waals surface area contributed by atoms with Crippen LogP contribution in [0, 0.1) is 5.82 Å². The van der Waals surface area contributed by atoms with Crippen LogP contribution in [-0.4, -0.2) is 36.4 Å². The Labute approximate surface area is 138 Å². The number of methoxy groups -OCH3 is 1. The topological polar surface area (TPSA) is 86.5 Å². The van der Waals surface area contributed by atoms with Crippen molar-refractivity contribution in [2.75, 3.05) is 20.3 Å². The summed E-state index contributed by atoms with van der Waals surface area (Å²) in [6.45, 7) is 1.37. The maximum atomic E-state index is 13.3. The molecule has 8 heteroatoms. The van der Waals surface area contributed by atoms with E-state index in [-0.39, 0.29) is 18.0 Å². The second kappa shape index (κ2) is 7.39. The lowest BCUT2D eigenvalue weighted by Crippen LogP contribution is -2.23. The summed E-state index contributed by atoms with van der Waals surface area (Å²) in [5.41, 5.74) is 0.109. The monoisotopic (exact) mass is 335 g/mol. The molecule has 1 saturated heterocycles. The Morgan fingerprint density at radius 2 is 2.33 bits per heavy atom. The van der Waals surface area contributed by atoms with E-state index in [1.165, 1.54) is 19.2 Å². The lowest BCUT2D eigenvalue weighted by atomic mass is 10.0. The molecule has 1 aromatic carbocycles. The van der Waals surface area contributed by atoms with Gasteiger partial charge >= 0.3 is 0 Å². The molecule has 0 bridgehead atoms. The zero-order valence-corrected chi connectivity index (χ0v) is 13.3. The number of rotatable bonds is 5. The summed E-state index contributed by atoms with van der Waals surface area (Å²) in [6.07, 6.45) is 1.90. The zero-order chi connectivity index (χ0) is 16.9. The Hall–Kier alpha value is -2.48. The Morgan fingerprint density at radius 1 is 1.46 bits per heavy atom. The van der Waals surface area contributed by atoms with Gasteiger partial charge in [0, 0.05) is 6.61 Å². The molecule has 1 aromatic heterocycles. The number of ether oxygens (including phenoxy) is 2. The Bertz CT molecular complexity index is 713. The van der Waals surface area contributed by atoms with Gasteiger partial charge in [0.2, 0.25) is 11.8 Å². The fraction of sp³-hybridized carbons (Fsp3) is 0.438. The normalized spacial score (nSPS) is 17.5. The molecule has 2 aromatic rings. The van der Waals surface area contributed by atoms with Crippen LogP contribution in [0.25, 0.3) is 0 Å². The van der Waals surface area contributed by atoms with Crippen LogP contribution in [0.5, 0.6) is 5.75 Å². The predicted octanol–water partition coefficient (Wildman–Crippen LogP) is 2.04. The Morgan fingerprint density at radius 3 is 3.08 bits per heavy atom. The first-order chi connectivity index (χ1) is 11.7. The highest BCUT2D eigenvalue weighted by molar-refractivity contribution is 5.96. The molecule has 1 N–H and O–H groups in total. The highest BCUT2D eigenvalue weighted by Gasteiger charge is 2.22. The van der Waals surface area contributed by atoms with Gasteiger partial charge in [-0.3, -0.25) is 4.79 Å². The number of hydrogen-bond donors (Lipinski definition) is 1. The van der Waals surface area contributed by atoms with Gasteiger partial charge in [0.25, 0.3) is 5.91 Å². The van der Waals surface area contributed by atoms with Crippen LogP contribution in [0.1, 0.15) is 40.9 Å². The highest BCUT2D eigenvalue weighted by atomic mass is 19.1. The number of nitrogens with zero attached hydrogens (tertiary/aromatic N) is 2. The predicted molar refractivity (Wildman–Crippen MR) is 81.2 cm³/mol. The van der Waals surface area contributed by atoms with Crippen LogP contribution in [0.15, 0.2) is 22.6 Å². The summed E-state index contributed by atoms with van der Waals surface area (Å²) in [5.74, 6) is 0.200. The number of halogens is 1. The van der Waals surface area contributed by atoms with Crippen LogP contribution in [0.4, 0.5) is 4.39 Å². The van der Waals surface area contributed by atoms with Gasteiger partial charge in [0.15, 0.2) is 0 Å². The smallest absolute Gasteiger partial charge is 0.255 e. The first-order valence-electron chi connectivity index (χ1n) is 7.69. The van der Waals surface area contributed by atoms with Crippen molar-refractivity contribution in [1.29, 1.82) is 0 Å². The molecule has 0 aliphatic carbocycles. The average molecular weight is 335 g/mol. The molecule has 3 rings (SSSR count). The highest BCUT2D eigenvalue weighted by Crippen LogP contribution is 2.24. The van der Waals surface area contributed by atoms with E-state index in [2.05, 4.69) is 15.5 Å². The molecule has 1 fully saturated rings. The molecule has 0 spiro atoms. The molecule has 0 saturated carbocycles. The number of aromatic nitrogens is 2. The Balaban J connectivity index is 1.62. The SMILES string of the molecule is COc1ccc(F)cc1C(=O)NCc1nnc(C2CCCOC2)o1. The van der Waals surface area contributed by atoms with E-state index in [9.17, 15) is 9.18 Å². The molecule has 1 aliphatic heterocycles. The molecule has 2 heterocycles. The average Bonchev–Trinajstić information content (AvgIpc) is 3.09. The first kappa shape index (κ1) is 16.4. The van der Waals surface area contributed by atoms with Crippen molar-refractivity contribution in [3.63, 3.8) is 0 Å². The van der Waals surface area contributed by atoms with Crippen LogP contribution >= 0.6 is 0 Å². The van der Waals surface area contributed by atoms with Gasteiger partial charge < -0.3 is 19.2 Å². The molecule has 1 aliphatic rings. The van der Waals surface area contributed by atoms with Crippen molar-refractivity contribution < 1.29 is 23.1 Å². The summed E-state index contributed by atoms with van der Waals surface area (Å²) in [5, 5.41) is 10.6. The second-order valence-corrected chi connectivity index (χ2v) is 5.48. The van der Waals surface area contributed by atoms with Crippen LogP contribution in [0.2, 0.25) is 0 Å². The molecule has 1 atom stereocenters. The number of carbonyl (C=O) groups is 1. The number of hydrogen-bond acceptors (Lipinski definition) is 6. The minimum Gasteiger partial charge on any atom is -0.496 e. The van der Waals surface area contributed by atoms with Crippen molar-refractivity contribution in [2.24, 2.45) is 0 Å². The summed E-state index contributed by atoms with van der Waals surface area (Å²) < 4.78 is 29.4. The van der Waals surface area contributed by atoms with E-state index >= 15 is 0 Å². The fourth-order valence-corrected chi connectivity index (χ4v) is 2.55. The van der Waals surface area contributed by atoms with E-state index in [0.717, 1.165) is 25.5 Å². The maximum Gasteiger partial charge on any atom is 0.255 e. The van der Waals surface area contributed by atoms with Gasteiger partial charge in [-0.05, 0) is 31.0 Å². The molecule has 1 unspecified atom stereocenters. The van der Waals surface area contributed by atoms with Gasteiger partial charge in [-0.15, -0.1) is 10.2 Å². The van der Waals surface area contributed by atoms with Gasteiger partial charge in [-0.1, -0.05) is 0 Å². The number of nitrogens with one attached hydrogen (secondary N) is 1. The Kier molecular flexibility index (Phi) is 5.05. The van der Waals surface area contributed by atoms with Gasteiger partial charge in [0.05, 0.1) is 31.7 Å². The standard InChI is InChI=1S/C16H18FN3O4/c1-22-13-5-4-11(17)7-12(13)15(21)18-8-14-19-20-16(24-14)10-3-2-6-23-9-10/h4-5,7,10H,2-3,6,8-9H2,1H3,(H,18,21). The summed E-state index contributed by atoms with van der Waals surface area (Å²) in [4.78, 5) is 12.2. The summed E-state index contributed by atoms with van der Waals surface area (Å²) in [6, 6.07) is 3.75. The molecule has 24 heavy (non-hydrogen) atoms. The van der Waals surface area contributed by atoms with E-state index < -0.39 is 11.7 Å². The molecule has 1 amide bonds. The van der Waals surface area contributed by atoms with E-state index in [0.29, 0.717) is 24.1 Å². The molecular weight excluding hydrogens is 317 g/mol. The maximum absolute atomic E-state index is 13.3. The summed E-state index contributed by atoms with van der Waals surface area (Å²) in [7, 11) is 1.42. The van der Waals surface area contributed by atoms with Gasteiger partial charge in [-0.25, -0.2) is 4.39 Å². The third-order valence-electron chi connectivity index (χ3n) is 3.80. The lowest BCUT2D eigenvalue weighted by molar-refractivity contribution is 0.0720. The number of amides is 1. The lowest BCUT2D eigenvalue weighted by Gasteiger charge is -2.18. The molecular formula is C16H18FN3O4. The molecule has 0 radical (unpaired) electrons. The van der Waals surface area contributed by atoms with E-state index in [1.807, 2.05) is 0 Å². The fourth-order valence-electron chi connectivity index (χ4n) is 2.55. The quantitative estimate of drug-likeness (QED) is 0.900. The minimum absolute atomic E-state index is 0.0546. The van der Waals surface area contributed by atoms with Crippen LogP contribution in [0.3, 0.4) is 0 Å². The van der Waals surface area contributed by atoms with Crippen molar-refractivity contribution >= 4 is 5.91 Å². The van der Waals surface area contributed by atoms with Crippen molar-refractivity contribution in [1.82, 2.24) is 15.5 Å². The van der Waals surface area contributed by atoms with Gasteiger partial charge in [-0.2, -0.15) is 0 Å². The third kappa shape index (κ3) is 3.70. The second-order valence-electron chi connectivity index (χ2n) is 5.48. The molecule has 128 valence electrons. The van der Waals surface area contributed by atoms with E-state index in [1.54, 1.807) is 0 Å². The van der Waals surface area contributed by atoms with E-state index in [4.69, 9.17) is 13.9 Å². The first-order valence-corrected chi connectivity index (χ1v) is 7.69. The van der Waals surface area contributed by atoms with Crippen LogP contribution in [-0.2, 0) is 11.3 Å². The van der Waals surface area contributed by atoms with Crippen molar-refractivity contribution in [3.8, 4) is 5.75 Å². The number of carbonyl (C=O) groups excluding carboxylic acids is 1. The molecule has 7 nitrogen and oxygen atoms in total. The van der Waals surface area contributed by atoms with Gasteiger partial charge in [0.1, 0.15) is 11.6 Å². The number of benzene rings is 1. The van der Waals surface area contributed by atoms with Crippen molar-refractivity contribution in [3.05, 3.63) is 41.4 Å². The zero-order valence-electron chi connectivity index (χ0n) is 13.3. The van der Waals surface area contributed by atoms with Crippen molar-refractivity contribution in [2.45, 2.75) is 25.3 Å². The van der Waals surface area contributed by atoms with Crippen LogP contribution < -0.4 is 10.1 Å². The summed E-state index contributed by atoms with van der Waals surface area (Å²) >= 11 is 0. The largest absolute Gasteiger partial charge is 0.496 e. The minimum atomic E-state index is -0.515. The third-order valence-corrected chi connectivity index (χ3v) is 3.80.